The van der Waals surface area contributed by atoms with Gasteiger partial charge in [-0.25, -0.2) is 4.79 Å². The van der Waals surface area contributed by atoms with Crippen LogP contribution in [0.5, 0.6) is 0 Å². The summed E-state index contributed by atoms with van der Waals surface area (Å²) in [5.41, 5.74) is 12.4. The molecule has 0 bridgehead atoms. The highest BCUT2D eigenvalue weighted by Crippen LogP contribution is 2.40. The van der Waals surface area contributed by atoms with E-state index in [1.807, 2.05) is 24.3 Å². The molecule has 0 fully saturated rings. The van der Waals surface area contributed by atoms with Crippen LogP contribution < -0.4 is 10.6 Å². The molecule has 2 aromatic carbocycles. The monoisotopic (exact) mass is 364 g/mol. The zero-order valence-corrected chi connectivity index (χ0v) is 14.6. The van der Waals surface area contributed by atoms with Crippen molar-refractivity contribution in [1.29, 1.82) is 0 Å². The van der Waals surface area contributed by atoms with Gasteiger partial charge < -0.3 is 15.9 Å². The average molecular weight is 364 g/mol. The first-order chi connectivity index (χ1) is 13.1. The smallest absolute Gasteiger partial charge is 0.319 e. The molecule has 1 aliphatic carbocycles. The Morgan fingerprint density at radius 1 is 1.22 bits per heavy atom. The Morgan fingerprint density at radius 2 is 1.96 bits per heavy atom. The van der Waals surface area contributed by atoms with E-state index in [1.165, 1.54) is 16.0 Å². The number of nitrogens with one attached hydrogen (secondary N) is 1. The maximum Gasteiger partial charge on any atom is 0.319 e. The lowest BCUT2D eigenvalue weighted by Gasteiger charge is -2.22. The molecule has 1 aliphatic rings. The molecule has 2 amide bonds. The van der Waals surface area contributed by atoms with Crippen LogP contribution in [0.25, 0.3) is 22.5 Å². The summed E-state index contributed by atoms with van der Waals surface area (Å²) < 4.78 is 0. The summed E-state index contributed by atoms with van der Waals surface area (Å²) in [6.07, 6.45) is -0.222. The minimum atomic E-state index is -1.05. The summed E-state index contributed by atoms with van der Waals surface area (Å²) in [6.45, 7) is -0.514. The molecular formula is C20H20N4O3. The van der Waals surface area contributed by atoms with Crippen LogP contribution in [-0.2, 0) is 6.42 Å². The van der Waals surface area contributed by atoms with E-state index in [9.17, 15) is 9.90 Å². The van der Waals surface area contributed by atoms with Crippen molar-refractivity contribution in [2.45, 2.75) is 12.5 Å². The molecule has 4 rings (SSSR count). The predicted molar refractivity (Wildman–Crippen MR) is 102 cm³/mol. The van der Waals surface area contributed by atoms with Crippen LogP contribution in [0.15, 0.2) is 48.5 Å². The number of primary amides is 1. The van der Waals surface area contributed by atoms with Crippen molar-refractivity contribution >= 4 is 11.7 Å². The molecule has 1 heterocycles. The first-order valence-electron chi connectivity index (χ1n) is 8.70. The molecule has 1 atom stereocenters. The Bertz CT molecular complexity index is 981. The minimum Gasteiger partial charge on any atom is -0.394 e. The van der Waals surface area contributed by atoms with Crippen molar-refractivity contribution in [2.24, 2.45) is 5.73 Å². The van der Waals surface area contributed by atoms with E-state index in [-0.39, 0.29) is 6.54 Å². The van der Waals surface area contributed by atoms with Crippen molar-refractivity contribution in [3.63, 3.8) is 0 Å². The quantitative estimate of drug-likeness (QED) is 0.433. The number of hydrogen-bond acceptors (Lipinski definition) is 4. The topological polar surface area (TPSA) is 115 Å². The highest BCUT2D eigenvalue weighted by molar-refractivity contribution is 5.91. The van der Waals surface area contributed by atoms with Crippen LogP contribution >= 0.6 is 0 Å². The fraction of sp³-hybridized carbons (Fsp3) is 0.200. The second-order valence-electron chi connectivity index (χ2n) is 6.59. The van der Waals surface area contributed by atoms with Crippen molar-refractivity contribution in [2.75, 3.05) is 18.1 Å². The maximum absolute atomic E-state index is 11.7. The molecule has 138 valence electrons. The number of urea groups is 1. The van der Waals surface area contributed by atoms with E-state index in [0.29, 0.717) is 5.69 Å². The van der Waals surface area contributed by atoms with Gasteiger partial charge in [-0.1, -0.05) is 36.4 Å². The molecule has 27 heavy (non-hydrogen) atoms. The molecule has 0 radical (unpaired) electrons. The van der Waals surface area contributed by atoms with Gasteiger partial charge in [0.25, 0.3) is 0 Å². The number of aliphatic hydroxyl groups excluding tert-OH is 2. The second kappa shape index (κ2) is 6.86. The number of aliphatic hydroxyl groups is 2. The average Bonchev–Trinajstić information content (AvgIpc) is 3.25. The van der Waals surface area contributed by atoms with Crippen molar-refractivity contribution in [3.8, 4) is 22.5 Å². The number of H-pyrrole nitrogens is 1. The number of amides is 2. The van der Waals surface area contributed by atoms with Crippen LogP contribution in [-0.4, -0.2) is 45.7 Å². The first-order valence-corrected chi connectivity index (χ1v) is 8.70. The first kappa shape index (κ1) is 17.3. The second-order valence-corrected chi connectivity index (χ2v) is 6.59. The normalized spacial score (nSPS) is 13.1. The Morgan fingerprint density at radius 3 is 2.67 bits per heavy atom. The van der Waals surface area contributed by atoms with E-state index in [4.69, 9.17) is 10.8 Å². The number of aromatic nitrogens is 2. The van der Waals surface area contributed by atoms with Crippen LogP contribution in [0.1, 0.15) is 11.1 Å². The maximum atomic E-state index is 11.7. The highest BCUT2D eigenvalue weighted by atomic mass is 16.3. The third-order valence-electron chi connectivity index (χ3n) is 4.84. The van der Waals surface area contributed by atoms with Gasteiger partial charge in [0.1, 0.15) is 0 Å². The number of nitrogens with two attached hydrogens (primary N) is 1. The largest absolute Gasteiger partial charge is 0.394 e. The summed E-state index contributed by atoms with van der Waals surface area (Å²) in [5, 5.41) is 26.2. The zero-order chi connectivity index (χ0) is 19.0. The van der Waals surface area contributed by atoms with Gasteiger partial charge in [-0.15, -0.1) is 0 Å². The molecule has 7 nitrogen and oxygen atoms in total. The number of benzene rings is 2. The third-order valence-corrected chi connectivity index (χ3v) is 4.84. The molecule has 0 saturated heterocycles. The molecule has 0 aliphatic heterocycles. The molecule has 1 aromatic heterocycles. The van der Waals surface area contributed by atoms with Crippen molar-refractivity contribution < 1.29 is 15.0 Å². The number of carbonyl (C=O) groups excluding carboxylic acids is 1. The number of aromatic amines is 1. The van der Waals surface area contributed by atoms with Gasteiger partial charge in [0.2, 0.25) is 0 Å². The summed E-state index contributed by atoms with van der Waals surface area (Å²) >= 11 is 0. The SMILES string of the molecule is NC(=O)N(CC(O)CO)c1ccc(-c2n[nH]c3c2Cc2ccccc2-3)cc1. The van der Waals surface area contributed by atoms with E-state index in [0.717, 1.165) is 28.9 Å². The minimum absolute atomic E-state index is 0.0711. The van der Waals surface area contributed by atoms with Gasteiger partial charge in [0.15, 0.2) is 0 Å². The third kappa shape index (κ3) is 3.07. The molecule has 0 saturated carbocycles. The van der Waals surface area contributed by atoms with Crippen LogP contribution in [0.3, 0.4) is 0 Å². The molecule has 7 heteroatoms. The van der Waals surface area contributed by atoms with Gasteiger partial charge in [-0.2, -0.15) is 5.10 Å². The molecule has 3 aromatic rings. The van der Waals surface area contributed by atoms with Crippen molar-refractivity contribution in [1.82, 2.24) is 10.2 Å². The molecule has 5 N–H and O–H groups in total. The van der Waals surface area contributed by atoms with E-state index in [2.05, 4.69) is 22.3 Å². The highest BCUT2D eigenvalue weighted by Gasteiger charge is 2.25. The van der Waals surface area contributed by atoms with Gasteiger partial charge >= 0.3 is 6.03 Å². The number of hydrogen-bond donors (Lipinski definition) is 4. The van der Waals surface area contributed by atoms with Gasteiger partial charge in [0.05, 0.1) is 30.6 Å². The number of fused-ring (bicyclic) bond motifs is 3. The summed E-state index contributed by atoms with van der Waals surface area (Å²) in [7, 11) is 0. The Kier molecular flexibility index (Phi) is 4.39. The summed E-state index contributed by atoms with van der Waals surface area (Å²) in [5.74, 6) is 0. The lowest BCUT2D eigenvalue weighted by Crippen LogP contribution is -2.42. The van der Waals surface area contributed by atoms with Gasteiger partial charge in [-0.05, 0) is 17.7 Å². The van der Waals surface area contributed by atoms with Gasteiger partial charge in [0, 0.05) is 28.8 Å². The number of rotatable bonds is 5. The van der Waals surface area contributed by atoms with E-state index in [1.54, 1.807) is 12.1 Å². The lowest BCUT2D eigenvalue weighted by atomic mass is 10.0. The lowest BCUT2D eigenvalue weighted by molar-refractivity contribution is 0.101. The van der Waals surface area contributed by atoms with Crippen molar-refractivity contribution in [3.05, 3.63) is 59.7 Å². The van der Waals surface area contributed by atoms with Gasteiger partial charge in [-0.3, -0.25) is 10.00 Å². The Hall–Kier alpha value is -3.16. The number of nitrogens with zero attached hydrogens (tertiary/aromatic N) is 2. The molecule has 1 unspecified atom stereocenters. The number of anilines is 1. The van der Waals surface area contributed by atoms with Crippen LogP contribution in [0.4, 0.5) is 10.5 Å². The fourth-order valence-electron chi connectivity index (χ4n) is 3.50. The van der Waals surface area contributed by atoms with E-state index >= 15 is 0 Å². The fourth-order valence-corrected chi connectivity index (χ4v) is 3.50. The summed E-state index contributed by atoms with van der Waals surface area (Å²) in [6, 6.07) is 14.8. The summed E-state index contributed by atoms with van der Waals surface area (Å²) in [4.78, 5) is 12.9. The Balaban J connectivity index is 1.62. The number of carbonyl (C=O) groups is 1. The molecule has 0 spiro atoms. The van der Waals surface area contributed by atoms with Crippen LogP contribution in [0, 0.1) is 0 Å². The predicted octanol–water partition coefficient (Wildman–Crippen LogP) is 1.89. The molecular weight excluding hydrogens is 344 g/mol. The standard InChI is InChI=1S/C20H20N4O3/c21-20(27)24(10-15(26)11-25)14-7-5-12(6-8-14)18-17-9-13-3-1-2-4-16(13)19(17)23-22-18/h1-8,15,25-26H,9-11H2,(H2,21,27)(H,22,23). The van der Waals surface area contributed by atoms with Crippen LogP contribution in [0.2, 0.25) is 0 Å². The zero-order valence-electron chi connectivity index (χ0n) is 14.6. The van der Waals surface area contributed by atoms with E-state index < -0.39 is 18.7 Å². The Labute approximate surface area is 156 Å².